The van der Waals surface area contributed by atoms with E-state index in [0.717, 1.165) is 0 Å². The monoisotopic (exact) mass is 345 g/mol. The van der Waals surface area contributed by atoms with Crippen LogP contribution in [0, 0.1) is 20.2 Å². The highest BCUT2D eigenvalue weighted by atomic mass is 16.6. The summed E-state index contributed by atoms with van der Waals surface area (Å²) in [5, 5.41) is 24.1. The van der Waals surface area contributed by atoms with Crippen molar-refractivity contribution in [2.24, 2.45) is 0 Å². The van der Waals surface area contributed by atoms with Gasteiger partial charge in [0.2, 0.25) is 5.91 Å². The van der Waals surface area contributed by atoms with Crippen molar-refractivity contribution in [3.8, 4) is 5.75 Å². The van der Waals surface area contributed by atoms with Crippen LogP contribution in [-0.4, -0.2) is 22.4 Å². The number of carbonyl (C=O) groups excluding carboxylic acids is 1. The van der Waals surface area contributed by atoms with Gasteiger partial charge in [-0.05, 0) is 18.6 Å². The van der Waals surface area contributed by atoms with Gasteiger partial charge >= 0.3 is 5.69 Å². The number of nitrogens with one attached hydrogen (secondary N) is 1. The van der Waals surface area contributed by atoms with Crippen LogP contribution in [-0.2, 0) is 4.79 Å². The molecule has 1 N–H and O–H groups in total. The Hall–Kier alpha value is -3.49. The smallest absolute Gasteiger partial charge is 0.310 e. The third-order valence-corrected chi connectivity index (χ3v) is 3.21. The lowest BCUT2D eigenvalue weighted by molar-refractivity contribution is -0.385. The lowest BCUT2D eigenvalue weighted by Crippen LogP contribution is -2.13. The third-order valence-electron chi connectivity index (χ3n) is 3.21. The maximum atomic E-state index is 11.8. The van der Waals surface area contributed by atoms with Gasteiger partial charge in [0.1, 0.15) is 0 Å². The molecular weight excluding hydrogens is 330 g/mol. The molecule has 9 nitrogen and oxygen atoms in total. The molecule has 0 saturated carbocycles. The molecule has 0 aliphatic rings. The predicted octanol–water partition coefficient (Wildman–Crippen LogP) is 3.30. The summed E-state index contributed by atoms with van der Waals surface area (Å²) in [6, 6.07) is 11.6. The fourth-order valence-electron chi connectivity index (χ4n) is 2.07. The van der Waals surface area contributed by atoms with Crippen molar-refractivity contribution in [3.63, 3.8) is 0 Å². The number of para-hydroxylation sites is 2. The molecular formula is C16H15N3O6. The Morgan fingerprint density at radius 1 is 1.04 bits per heavy atom. The van der Waals surface area contributed by atoms with E-state index >= 15 is 0 Å². The highest BCUT2D eigenvalue weighted by Crippen LogP contribution is 2.25. The largest absolute Gasteiger partial charge is 0.487 e. The van der Waals surface area contributed by atoms with E-state index in [1.54, 1.807) is 12.1 Å². The molecule has 25 heavy (non-hydrogen) atoms. The van der Waals surface area contributed by atoms with Crippen LogP contribution in [0.2, 0.25) is 0 Å². The fourth-order valence-corrected chi connectivity index (χ4v) is 2.07. The Morgan fingerprint density at radius 3 is 2.52 bits per heavy atom. The van der Waals surface area contributed by atoms with E-state index < -0.39 is 9.85 Å². The lowest BCUT2D eigenvalue weighted by atomic mass is 10.2. The van der Waals surface area contributed by atoms with Crippen molar-refractivity contribution in [2.45, 2.75) is 12.8 Å². The molecule has 0 unspecified atom stereocenters. The Morgan fingerprint density at radius 2 is 1.80 bits per heavy atom. The number of carbonyl (C=O) groups is 1. The normalized spacial score (nSPS) is 10.1. The van der Waals surface area contributed by atoms with Gasteiger partial charge < -0.3 is 10.1 Å². The van der Waals surface area contributed by atoms with Gasteiger partial charge in [-0.3, -0.25) is 25.0 Å². The fraction of sp³-hybridized carbons (Fsp3) is 0.188. The van der Waals surface area contributed by atoms with E-state index in [1.165, 1.54) is 36.4 Å². The lowest BCUT2D eigenvalue weighted by Gasteiger charge is -2.07. The number of nitro groups is 2. The van der Waals surface area contributed by atoms with Gasteiger partial charge in [-0.25, -0.2) is 0 Å². The van der Waals surface area contributed by atoms with Crippen LogP contribution < -0.4 is 10.1 Å². The Labute approximate surface area is 142 Å². The first-order valence-corrected chi connectivity index (χ1v) is 7.38. The molecule has 0 aliphatic heterocycles. The number of hydrogen-bond donors (Lipinski definition) is 1. The van der Waals surface area contributed by atoms with Crippen LogP contribution in [0.1, 0.15) is 12.8 Å². The molecule has 2 aromatic rings. The van der Waals surface area contributed by atoms with Crippen LogP contribution in [0.4, 0.5) is 17.1 Å². The summed E-state index contributed by atoms with van der Waals surface area (Å²) in [6.07, 6.45) is 0.454. The summed E-state index contributed by atoms with van der Waals surface area (Å²) in [7, 11) is 0. The minimum Gasteiger partial charge on any atom is -0.487 e. The second-order valence-electron chi connectivity index (χ2n) is 5.03. The van der Waals surface area contributed by atoms with Gasteiger partial charge in [0.25, 0.3) is 5.69 Å². The summed E-state index contributed by atoms with van der Waals surface area (Å²) < 4.78 is 5.34. The van der Waals surface area contributed by atoms with Crippen molar-refractivity contribution in [3.05, 3.63) is 68.8 Å². The summed E-state index contributed by atoms with van der Waals surface area (Å²) in [5.74, 6) is -0.182. The SMILES string of the molecule is O=C(CCCOc1ccccc1[N+](=O)[O-])Nc1cccc([N+](=O)[O-])c1. The predicted molar refractivity (Wildman–Crippen MR) is 89.6 cm³/mol. The molecule has 0 saturated heterocycles. The third kappa shape index (κ3) is 5.27. The number of hydrogen-bond acceptors (Lipinski definition) is 6. The molecule has 0 bridgehead atoms. The zero-order chi connectivity index (χ0) is 18.2. The second kappa shape index (κ2) is 8.39. The number of benzene rings is 2. The first-order valence-electron chi connectivity index (χ1n) is 7.38. The van der Waals surface area contributed by atoms with Crippen LogP contribution in [0.5, 0.6) is 5.75 Å². The first-order chi connectivity index (χ1) is 12.0. The molecule has 0 fully saturated rings. The molecule has 0 aromatic heterocycles. The quantitative estimate of drug-likeness (QED) is 0.444. The molecule has 130 valence electrons. The second-order valence-corrected chi connectivity index (χ2v) is 5.03. The van der Waals surface area contributed by atoms with Gasteiger partial charge in [-0.2, -0.15) is 0 Å². The van der Waals surface area contributed by atoms with Crippen LogP contribution in [0.25, 0.3) is 0 Å². The Balaban J connectivity index is 1.80. The summed E-state index contributed by atoms with van der Waals surface area (Å²) in [5.41, 5.74) is 0.0832. The number of amides is 1. The average Bonchev–Trinajstić information content (AvgIpc) is 2.59. The Kier molecular flexibility index (Phi) is 5.99. The maximum absolute atomic E-state index is 11.8. The van der Waals surface area contributed by atoms with Crippen molar-refractivity contribution < 1.29 is 19.4 Å². The van der Waals surface area contributed by atoms with Gasteiger partial charge in [0.15, 0.2) is 5.75 Å². The van der Waals surface area contributed by atoms with E-state index in [4.69, 9.17) is 4.74 Å². The molecule has 0 aliphatic carbocycles. The van der Waals surface area contributed by atoms with Crippen molar-refractivity contribution in [2.75, 3.05) is 11.9 Å². The zero-order valence-electron chi connectivity index (χ0n) is 13.1. The van der Waals surface area contributed by atoms with Crippen molar-refractivity contribution in [1.29, 1.82) is 0 Å². The van der Waals surface area contributed by atoms with E-state index in [9.17, 15) is 25.0 Å². The van der Waals surface area contributed by atoms with E-state index in [1.807, 2.05) is 0 Å². The van der Waals surface area contributed by atoms with Crippen LogP contribution >= 0.6 is 0 Å². The number of anilines is 1. The number of rotatable bonds is 8. The number of ether oxygens (including phenoxy) is 1. The van der Waals surface area contributed by atoms with Crippen LogP contribution in [0.3, 0.4) is 0 Å². The average molecular weight is 345 g/mol. The highest BCUT2D eigenvalue weighted by molar-refractivity contribution is 5.90. The summed E-state index contributed by atoms with van der Waals surface area (Å²) in [4.78, 5) is 32.3. The topological polar surface area (TPSA) is 125 Å². The highest BCUT2D eigenvalue weighted by Gasteiger charge is 2.13. The maximum Gasteiger partial charge on any atom is 0.310 e. The van der Waals surface area contributed by atoms with E-state index in [-0.39, 0.29) is 36.1 Å². The van der Waals surface area contributed by atoms with E-state index in [2.05, 4.69) is 5.32 Å². The summed E-state index contributed by atoms with van der Waals surface area (Å²) in [6.45, 7) is 0.132. The molecule has 2 aromatic carbocycles. The van der Waals surface area contributed by atoms with Crippen LogP contribution in [0.15, 0.2) is 48.5 Å². The minimum atomic E-state index is -0.545. The van der Waals surface area contributed by atoms with Gasteiger partial charge in [0, 0.05) is 30.3 Å². The Bertz CT molecular complexity index is 793. The summed E-state index contributed by atoms with van der Waals surface area (Å²) >= 11 is 0. The molecule has 1 amide bonds. The number of nitro benzene ring substituents is 2. The first kappa shape index (κ1) is 17.9. The van der Waals surface area contributed by atoms with Gasteiger partial charge in [0.05, 0.1) is 16.5 Å². The van der Waals surface area contributed by atoms with E-state index in [0.29, 0.717) is 12.1 Å². The van der Waals surface area contributed by atoms with Gasteiger partial charge in [-0.1, -0.05) is 18.2 Å². The zero-order valence-corrected chi connectivity index (χ0v) is 13.1. The van der Waals surface area contributed by atoms with Gasteiger partial charge in [-0.15, -0.1) is 0 Å². The van der Waals surface area contributed by atoms with Crippen molar-refractivity contribution >= 4 is 23.0 Å². The molecule has 0 spiro atoms. The molecule has 0 atom stereocenters. The molecule has 0 radical (unpaired) electrons. The standard InChI is InChI=1S/C16H15N3O6/c20-16(17-12-5-3-6-13(11-12)18(21)22)9-4-10-25-15-8-2-1-7-14(15)19(23)24/h1-3,5-8,11H,4,9-10H2,(H,17,20). The molecule has 9 heteroatoms. The number of non-ortho nitro benzene ring substituents is 1. The minimum absolute atomic E-state index is 0.113. The molecule has 0 heterocycles. The molecule has 2 rings (SSSR count). The number of nitrogens with zero attached hydrogens (tertiary/aromatic N) is 2. The van der Waals surface area contributed by atoms with Crippen molar-refractivity contribution in [1.82, 2.24) is 0 Å².